The number of carbonyl (C=O) groups excluding carboxylic acids is 2. The summed E-state index contributed by atoms with van der Waals surface area (Å²) in [6.07, 6.45) is -1.25. The van der Waals surface area contributed by atoms with E-state index in [1.54, 1.807) is 0 Å². The standard InChI is InChI=1S/C36H32N2O4/c1-26(2)32-25-24-27(3)33(41-35(39)37(28-16-8-4-9-17-28)29-18-10-5-11-19-29)34(32)42-36(40)38(30-20-12-6-13-21-30)31-22-14-7-15-23-31/h4-26H,1-3H3. The van der Waals surface area contributed by atoms with Crippen molar-refractivity contribution in [1.82, 2.24) is 0 Å². The van der Waals surface area contributed by atoms with Crippen LogP contribution >= 0.6 is 0 Å². The maximum absolute atomic E-state index is 14.0. The summed E-state index contributed by atoms with van der Waals surface area (Å²) >= 11 is 0. The maximum atomic E-state index is 14.0. The van der Waals surface area contributed by atoms with E-state index in [4.69, 9.17) is 9.47 Å². The van der Waals surface area contributed by atoms with Crippen LogP contribution in [0.5, 0.6) is 11.5 Å². The van der Waals surface area contributed by atoms with Crippen LogP contribution in [0.4, 0.5) is 32.3 Å². The number of ether oxygens (including phenoxy) is 2. The van der Waals surface area contributed by atoms with Crippen LogP contribution in [0.15, 0.2) is 133 Å². The topological polar surface area (TPSA) is 59.1 Å². The molecule has 0 aliphatic rings. The van der Waals surface area contributed by atoms with Gasteiger partial charge in [0.05, 0.1) is 22.7 Å². The molecule has 0 aliphatic heterocycles. The minimum absolute atomic E-state index is 0.0212. The molecule has 42 heavy (non-hydrogen) atoms. The van der Waals surface area contributed by atoms with Crippen molar-refractivity contribution in [3.05, 3.63) is 145 Å². The molecule has 2 amide bonds. The third-order valence-corrected chi connectivity index (χ3v) is 6.76. The van der Waals surface area contributed by atoms with Gasteiger partial charge in [-0.25, -0.2) is 19.4 Å². The molecule has 6 heteroatoms. The summed E-state index contributed by atoms with van der Waals surface area (Å²) in [4.78, 5) is 30.9. The first-order valence-electron chi connectivity index (χ1n) is 13.8. The van der Waals surface area contributed by atoms with Gasteiger partial charge in [0.25, 0.3) is 0 Å². The zero-order valence-corrected chi connectivity index (χ0v) is 23.8. The van der Waals surface area contributed by atoms with Crippen molar-refractivity contribution in [2.45, 2.75) is 26.7 Å². The molecule has 0 fully saturated rings. The van der Waals surface area contributed by atoms with Gasteiger partial charge in [0.2, 0.25) is 0 Å². The van der Waals surface area contributed by atoms with E-state index in [-0.39, 0.29) is 17.4 Å². The SMILES string of the molecule is Cc1ccc(C(C)C)c(OC(=O)N(c2ccccc2)c2ccccc2)c1OC(=O)N(c1ccccc1)c1ccccc1. The van der Waals surface area contributed by atoms with Gasteiger partial charge in [0.1, 0.15) is 0 Å². The van der Waals surface area contributed by atoms with Gasteiger partial charge < -0.3 is 9.47 Å². The molecule has 0 atom stereocenters. The molecule has 0 radical (unpaired) electrons. The third-order valence-electron chi connectivity index (χ3n) is 6.76. The highest BCUT2D eigenvalue weighted by Gasteiger charge is 2.28. The minimum Gasteiger partial charge on any atom is -0.405 e. The molecule has 0 spiro atoms. The Morgan fingerprint density at radius 3 is 1.17 bits per heavy atom. The van der Waals surface area contributed by atoms with Crippen molar-refractivity contribution in [3.8, 4) is 11.5 Å². The highest BCUT2D eigenvalue weighted by atomic mass is 16.6. The zero-order chi connectivity index (χ0) is 29.5. The van der Waals surface area contributed by atoms with Gasteiger partial charge >= 0.3 is 12.2 Å². The lowest BCUT2D eigenvalue weighted by atomic mass is 9.99. The summed E-state index contributed by atoms with van der Waals surface area (Å²) < 4.78 is 12.3. The molecule has 5 rings (SSSR count). The van der Waals surface area contributed by atoms with Gasteiger partial charge in [-0.15, -0.1) is 0 Å². The van der Waals surface area contributed by atoms with E-state index in [1.165, 1.54) is 9.80 Å². The third kappa shape index (κ3) is 6.18. The fraction of sp³-hybridized carbons (Fsp3) is 0.111. The Kier molecular flexibility index (Phi) is 8.64. The van der Waals surface area contributed by atoms with Gasteiger partial charge in [0, 0.05) is 5.56 Å². The molecule has 0 aromatic heterocycles. The van der Waals surface area contributed by atoms with Crippen LogP contribution in [-0.2, 0) is 0 Å². The summed E-state index contributed by atoms with van der Waals surface area (Å²) in [6.45, 7) is 5.83. The Balaban J connectivity index is 1.56. The number of para-hydroxylation sites is 4. The number of anilines is 4. The predicted octanol–water partition coefficient (Wildman–Crippen LogP) is 9.79. The summed E-state index contributed by atoms with van der Waals surface area (Å²) in [6, 6.07) is 40.9. The van der Waals surface area contributed by atoms with E-state index < -0.39 is 12.2 Å². The fourth-order valence-corrected chi connectivity index (χ4v) is 4.66. The van der Waals surface area contributed by atoms with Gasteiger partial charge in [0.15, 0.2) is 11.5 Å². The number of amides is 2. The van der Waals surface area contributed by atoms with Crippen LogP contribution < -0.4 is 19.3 Å². The average Bonchev–Trinajstić information content (AvgIpc) is 3.01. The smallest absolute Gasteiger partial charge is 0.405 e. The largest absolute Gasteiger partial charge is 0.424 e. The number of nitrogens with zero attached hydrogens (tertiary/aromatic N) is 2. The molecule has 0 bridgehead atoms. The highest BCUT2D eigenvalue weighted by molar-refractivity contribution is 5.99. The zero-order valence-electron chi connectivity index (χ0n) is 23.8. The second-order valence-electron chi connectivity index (χ2n) is 10.0. The molecule has 0 saturated carbocycles. The van der Waals surface area contributed by atoms with Gasteiger partial charge in [-0.05, 0) is 66.9 Å². The normalized spacial score (nSPS) is 10.7. The van der Waals surface area contributed by atoms with Crippen LogP contribution in [-0.4, -0.2) is 12.2 Å². The quantitative estimate of drug-likeness (QED) is 0.200. The molecule has 0 saturated heterocycles. The van der Waals surface area contributed by atoms with Crippen molar-refractivity contribution in [1.29, 1.82) is 0 Å². The number of aryl methyl sites for hydroxylation is 1. The van der Waals surface area contributed by atoms with Gasteiger partial charge in [-0.3, -0.25) is 0 Å². The molecule has 6 nitrogen and oxygen atoms in total. The van der Waals surface area contributed by atoms with E-state index in [0.717, 1.165) is 5.56 Å². The summed E-state index contributed by atoms with van der Waals surface area (Å²) in [5.74, 6) is 0.380. The first-order chi connectivity index (χ1) is 20.4. The number of rotatable bonds is 7. The molecule has 5 aromatic rings. The van der Waals surface area contributed by atoms with E-state index >= 15 is 0 Å². The van der Waals surface area contributed by atoms with E-state index in [2.05, 4.69) is 0 Å². The van der Waals surface area contributed by atoms with Crippen molar-refractivity contribution in [2.75, 3.05) is 9.80 Å². The predicted molar refractivity (Wildman–Crippen MR) is 167 cm³/mol. The molecule has 210 valence electrons. The molecule has 0 aliphatic carbocycles. The van der Waals surface area contributed by atoms with Crippen molar-refractivity contribution < 1.29 is 19.1 Å². The second-order valence-corrected chi connectivity index (χ2v) is 10.0. The monoisotopic (exact) mass is 556 g/mol. The summed E-state index contributed by atoms with van der Waals surface area (Å²) in [7, 11) is 0. The number of hydrogen-bond donors (Lipinski definition) is 0. The van der Waals surface area contributed by atoms with Gasteiger partial charge in [-0.2, -0.15) is 0 Å². The Labute approximate surface area is 246 Å². The van der Waals surface area contributed by atoms with E-state index in [1.807, 2.05) is 154 Å². The number of hydrogen-bond acceptors (Lipinski definition) is 4. The molecular formula is C36H32N2O4. The van der Waals surface area contributed by atoms with Gasteiger partial charge in [-0.1, -0.05) is 98.8 Å². The maximum Gasteiger partial charge on any atom is 0.424 e. The molecular weight excluding hydrogens is 524 g/mol. The Morgan fingerprint density at radius 1 is 0.500 bits per heavy atom. The first kappa shape index (κ1) is 28.2. The Bertz CT molecular complexity index is 1560. The summed E-state index contributed by atoms with van der Waals surface area (Å²) in [5.41, 5.74) is 3.97. The van der Waals surface area contributed by atoms with Crippen LogP contribution in [0, 0.1) is 6.92 Å². The number of carbonyl (C=O) groups is 2. The lowest BCUT2D eigenvalue weighted by Crippen LogP contribution is -2.31. The van der Waals surface area contributed by atoms with E-state index in [9.17, 15) is 9.59 Å². The Hall–Kier alpha value is -5.36. The van der Waals surface area contributed by atoms with Crippen LogP contribution in [0.3, 0.4) is 0 Å². The van der Waals surface area contributed by atoms with E-state index in [0.29, 0.717) is 28.3 Å². The molecule has 5 aromatic carbocycles. The molecule has 0 N–H and O–H groups in total. The van der Waals surface area contributed by atoms with Crippen molar-refractivity contribution in [2.24, 2.45) is 0 Å². The second kappa shape index (κ2) is 12.9. The van der Waals surface area contributed by atoms with Crippen molar-refractivity contribution in [3.63, 3.8) is 0 Å². The lowest BCUT2D eigenvalue weighted by Gasteiger charge is -2.26. The van der Waals surface area contributed by atoms with Crippen LogP contribution in [0.25, 0.3) is 0 Å². The lowest BCUT2D eigenvalue weighted by molar-refractivity contribution is 0.199. The minimum atomic E-state index is -0.628. The molecule has 0 unspecified atom stereocenters. The van der Waals surface area contributed by atoms with Crippen molar-refractivity contribution >= 4 is 34.9 Å². The van der Waals surface area contributed by atoms with Crippen LogP contribution in [0.2, 0.25) is 0 Å². The highest BCUT2D eigenvalue weighted by Crippen LogP contribution is 2.41. The number of benzene rings is 5. The average molecular weight is 557 g/mol. The first-order valence-corrected chi connectivity index (χ1v) is 13.8. The van der Waals surface area contributed by atoms with Crippen LogP contribution in [0.1, 0.15) is 30.9 Å². The Morgan fingerprint density at radius 2 is 0.833 bits per heavy atom. The molecule has 0 heterocycles. The fourth-order valence-electron chi connectivity index (χ4n) is 4.66. The summed E-state index contributed by atoms with van der Waals surface area (Å²) in [5, 5.41) is 0.